The summed E-state index contributed by atoms with van der Waals surface area (Å²) < 4.78 is 0. The molecule has 0 saturated carbocycles. The van der Waals surface area contributed by atoms with Gasteiger partial charge in [-0.25, -0.2) is 0 Å². The summed E-state index contributed by atoms with van der Waals surface area (Å²) in [6, 6.07) is 7.69. The van der Waals surface area contributed by atoms with E-state index in [0.29, 0.717) is 5.02 Å². The van der Waals surface area contributed by atoms with Gasteiger partial charge in [-0.15, -0.1) is 12.4 Å². The average Bonchev–Trinajstić information content (AvgIpc) is 2.67. The highest BCUT2D eigenvalue weighted by Gasteiger charge is 2.28. The summed E-state index contributed by atoms with van der Waals surface area (Å²) in [5.41, 5.74) is 1.02. The predicted molar refractivity (Wildman–Crippen MR) is 90.3 cm³/mol. The highest BCUT2D eigenvalue weighted by Crippen LogP contribution is 2.28. The third kappa shape index (κ3) is 4.87. The van der Waals surface area contributed by atoms with Crippen LogP contribution in [0.5, 0.6) is 0 Å². The minimum atomic E-state index is -0.105. The van der Waals surface area contributed by atoms with Crippen molar-refractivity contribution in [3.8, 4) is 0 Å². The lowest BCUT2D eigenvalue weighted by Gasteiger charge is -2.28. The summed E-state index contributed by atoms with van der Waals surface area (Å²) >= 11 is 6.08. The van der Waals surface area contributed by atoms with Crippen molar-refractivity contribution in [1.29, 1.82) is 0 Å². The summed E-state index contributed by atoms with van der Waals surface area (Å²) in [6.45, 7) is 7.71. The van der Waals surface area contributed by atoms with Gasteiger partial charge >= 0.3 is 0 Å². The summed E-state index contributed by atoms with van der Waals surface area (Å²) in [6.07, 6.45) is 1.02. The monoisotopic (exact) mass is 330 g/mol. The largest absolute Gasteiger partial charge is 0.341 e. The van der Waals surface area contributed by atoms with Gasteiger partial charge in [0.2, 0.25) is 5.91 Å². The molecule has 1 aliphatic heterocycles. The molecule has 1 fully saturated rings. The summed E-state index contributed by atoms with van der Waals surface area (Å²) in [5.74, 6) is 0.384. The smallest absolute Gasteiger partial charge is 0.230 e. The van der Waals surface area contributed by atoms with Crippen molar-refractivity contribution in [3.05, 3.63) is 34.9 Å². The zero-order chi connectivity index (χ0) is 14.5. The Balaban J connectivity index is 0.00000220. The van der Waals surface area contributed by atoms with Crippen molar-refractivity contribution in [2.24, 2.45) is 5.92 Å². The van der Waals surface area contributed by atoms with Crippen molar-refractivity contribution >= 4 is 29.9 Å². The van der Waals surface area contributed by atoms with Crippen LogP contribution in [0.25, 0.3) is 0 Å². The molecule has 0 aromatic heterocycles. The highest BCUT2D eigenvalue weighted by atomic mass is 35.5. The third-order valence-electron chi connectivity index (χ3n) is 3.79. The van der Waals surface area contributed by atoms with Crippen LogP contribution >= 0.6 is 24.0 Å². The van der Waals surface area contributed by atoms with Gasteiger partial charge in [-0.3, -0.25) is 4.79 Å². The first-order valence-electron chi connectivity index (χ1n) is 7.34. The number of halogens is 2. The predicted octanol–water partition coefficient (Wildman–Crippen LogP) is 3.32. The molecule has 3 nitrogen and oxygen atoms in total. The highest BCUT2D eigenvalue weighted by molar-refractivity contribution is 6.30. The van der Waals surface area contributed by atoms with Crippen molar-refractivity contribution < 1.29 is 4.79 Å². The van der Waals surface area contributed by atoms with E-state index in [9.17, 15) is 4.79 Å². The Labute approximate surface area is 138 Å². The van der Waals surface area contributed by atoms with Gasteiger partial charge < -0.3 is 10.2 Å². The molecule has 21 heavy (non-hydrogen) atoms. The molecule has 0 bridgehead atoms. The van der Waals surface area contributed by atoms with E-state index in [1.54, 1.807) is 0 Å². The Morgan fingerprint density at radius 2 is 2.05 bits per heavy atom. The van der Waals surface area contributed by atoms with Crippen LogP contribution < -0.4 is 5.32 Å². The van der Waals surface area contributed by atoms with Gasteiger partial charge in [-0.1, -0.05) is 37.6 Å². The Hall–Kier alpha value is -0.770. The number of amides is 1. The number of rotatable bonds is 3. The molecule has 1 aromatic carbocycles. The Morgan fingerprint density at radius 1 is 1.29 bits per heavy atom. The SMILES string of the molecule is CC(C)C(C(=O)N1CCCNCC1)c1cccc(Cl)c1.Cl. The van der Waals surface area contributed by atoms with Crippen molar-refractivity contribution in [2.75, 3.05) is 26.2 Å². The van der Waals surface area contributed by atoms with Gasteiger partial charge in [0.05, 0.1) is 5.92 Å². The molecule has 1 atom stereocenters. The van der Waals surface area contributed by atoms with Crippen LogP contribution in [0.15, 0.2) is 24.3 Å². The van der Waals surface area contributed by atoms with Crippen LogP contribution in [0, 0.1) is 5.92 Å². The van der Waals surface area contributed by atoms with Crippen molar-refractivity contribution in [3.63, 3.8) is 0 Å². The van der Waals surface area contributed by atoms with E-state index in [2.05, 4.69) is 19.2 Å². The molecular weight excluding hydrogens is 307 g/mol. The van der Waals surface area contributed by atoms with Gasteiger partial charge in [-0.2, -0.15) is 0 Å². The van der Waals surface area contributed by atoms with Gasteiger partial charge in [-0.05, 0) is 36.6 Å². The molecule has 1 N–H and O–H groups in total. The van der Waals surface area contributed by atoms with Crippen LogP contribution in [0.1, 0.15) is 31.7 Å². The second kappa shape index (κ2) is 8.62. The minimum Gasteiger partial charge on any atom is -0.341 e. The van der Waals surface area contributed by atoms with E-state index in [1.165, 1.54) is 0 Å². The molecule has 118 valence electrons. The summed E-state index contributed by atoms with van der Waals surface area (Å²) in [5, 5.41) is 4.03. The number of hydrogen-bond acceptors (Lipinski definition) is 2. The number of nitrogens with one attached hydrogen (secondary N) is 1. The fourth-order valence-corrected chi connectivity index (χ4v) is 2.97. The van der Waals surface area contributed by atoms with Crippen molar-refractivity contribution in [2.45, 2.75) is 26.2 Å². The molecule has 1 unspecified atom stereocenters. The van der Waals surface area contributed by atoms with Crippen LogP contribution in [-0.4, -0.2) is 37.0 Å². The molecule has 1 saturated heterocycles. The first-order chi connectivity index (χ1) is 9.59. The molecule has 2 rings (SSSR count). The maximum absolute atomic E-state index is 12.9. The van der Waals surface area contributed by atoms with E-state index in [-0.39, 0.29) is 30.2 Å². The number of carbonyl (C=O) groups excluding carboxylic acids is 1. The summed E-state index contributed by atoms with van der Waals surface area (Å²) in [7, 11) is 0. The van der Waals surface area contributed by atoms with Gasteiger partial charge in [0.1, 0.15) is 0 Å². The first-order valence-corrected chi connectivity index (χ1v) is 7.72. The van der Waals surface area contributed by atoms with Crippen LogP contribution in [0.4, 0.5) is 0 Å². The quantitative estimate of drug-likeness (QED) is 0.921. The number of hydrogen-bond donors (Lipinski definition) is 1. The first kappa shape index (κ1) is 18.3. The fraction of sp³-hybridized carbons (Fsp3) is 0.562. The summed E-state index contributed by atoms with van der Waals surface area (Å²) in [4.78, 5) is 14.9. The lowest BCUT2D eigenvalue weighted by molar-refractivity contribution is -0.133. The maximum Gasteiger partial charge on any atom is 0.230 e. The zero-order valence-electron chi connectivity index (χ0n) is 12.6. The van der Waals surface area contributed by atoms with Crippen LogP contribution in [0.2, 0.25) is 5.02 Å². The molecule has 5 heteroatoms. The topological polar surface area (TPSA) is 32.3 Å². The molecule has 1 amide bonds. The zero-order valence-corrected chi connectivity index (χ0v) is 14.2. The molecular formula is C16H24Cl2N2O. The Morgan fingerprint density at radius 3 is 2.71 bits per heavy atom. The lowest BCUT2D eigenvalue weighted by Crippen LogP contribution is -2.39. The third-order valence-corrected chi connectivity index (χ3v) is 4.03. The fourth-order valence-electron chi connectivity index (χ4n) is 2.78. The van der Waals surface area contributed by atoms with E-state index in [4.69, 9.17) is 11.6 Å². The number of nitrogens with zero attached hydrogens (tertiary/aromatic N) is 1. The average molecular weight is 331 g/mol. The van der Waals surface area contributed by atoms with Crippen molar-refractivity contribution in [1.82, 2.24) is 10.2 Å². The minimum absolute atomic E-state index is 0. The second-order valence-corrected chi connectivity index (χ2v) is 6.14. The molecule has 1 heterocycles. The lowest BCUT2D eigenvalue weighted by atomic mass is 9.87. The standard InChI is InChI=1S/C16H23ClN2O.ClH/c1-12(2)15(13-5-3-6-14(17)11-13)16(20)19-9-4-7-18-8-10-19;/h3,5-6,11-12,15,18H,4,7-10H2,1-2H3;1H. The molecule has 1 aliphatic rings. The molecule has 0 radical (unpaired) electrons. The van der Waals surface area contributed by atoms with E-state index in [0.717, 1.165) is 38.2 Å². The van der Waals surface area contributed by atoms with Gasteiger partial charge in [0.15, 0.2) is 0 Å². The van der Waals surface area contributed by atoms with Crippen LogP contribution in [-0.2, 0) is 4.79 Å². The number of carbonyl (C=O) groups is 1. The molecule has 0 spiro atoms. The van der Waals surface area contributed by atoms with E-state index in [1.807, 2.05) is 29.2 Å². The molecule has 0 aliphatic carbocycles. The van der Waals surface area contributed by atoms with Crippen LogP contribution in [0.3, 0.4) is 0 Å². The van der Waals surface area contributed by atoms with Gasteiger partial charge in [0.25, 0.3) is 0 Å². The number of benzene rings is 1. The molecule has 1 aromatic rings. The Kier molecular flexibility index (Phi) is 7.50. The van der Waals surface area contributed by atoms with E-state index < -0.39 is 0 Å². The normalized spacial score (nSPS) is 17.0. The van der Waals surface area contributed by atoms with Gasteiger partial charge in [0, 0.05) is 24.7 Å². The van der Waals surface area contributed by atoms with E-state index >= 15 is 0 Å². The Bertz CT molecular complexity index is 457. The second-order valence-electron chi connectivity index (χ2n) is 5.71. The maximum atomic E-state index is 12.9.